The number of amides is 3. The lowest BCUT2D eigenvalue weighted by Crippen LogP contribution is -2.34. The molecule has 5 nitrogen and oxygen atoms in total. The van der Waals surface area contributed by atoms with Crippen LogP contribution in [0.3, 0.4) is 0 Å². The van der Waals surface area contributed by atoms with Gasteiger partial charge in [-0.25, -0.2) is 4.79 Å². The van der Waals surface area contributed by atoms with Crippen LogP contribution in [0, 0.1) is 0 Å². The van der Waals surface area contributed by atoms with Gasteiger partial charge in [0, 0.05) is 5.69 Å². The summed E-state index contributed by atoms with van der Waals surface area (Å²) in [4.78, 5) is 23.6. The molecule has 0 radical (unpaired) electrons. The molecule has 2 rings (SSSR count). The first-order chi connectivity index (χ1) is 9.88. The van der Waals surface area contributed by atoms with Crippen molar-refractivity contribution in [1.82, 2.24) is 9.69 Å². The predicted octanol–water partition coefficient (Wildman–Crippen LogP) is 4.72. The highest BCUT2D eigenvalue weighted by molar-refractivity contribution is 7.09. The van der Waals surface area contributed by atoms with Gasteiger partial charge in [0.2, 0.25) is 0 Å². The monoisotopic (exact) mass is 383 g/mol. The van der Waals surface area contributed by atoms with Gasteiger partial charge >= 0.3 is 6.03 Å². The minimum atomic E-state index is -0.751. The standard InChI is InChI=1S/C11H5Cl4N3O2S/c12-5-2-1-4(3-6(5)13)16-11(20)17-10(19)8-7(14)9(15)18-21-8/h1-3H,(H2,16,17,19,20). The van der Waals surface area contributed by atoms with Gasteiger partial charge < -0.3 is 5.32 Å². The normalized spacial score (nSPS) is 10.3. The molecule has 0 saturated heterocycles. The Kier molecular flexibility index (Phi) is 5.29. The first kappa shape index (κ1) is 16.3. The molecule has 1 aromatic carbocycles. The maximum atomic E-state index is 11.8. The third kappa shape index (κ3) is 3.99. The molecule has 0 aliphatic rings. The van der Waals surface area contributed by atoms with E-state index >= 15 is 0 Å². The number of anilines is 1. The number of hydrogen-bond acceptors (Lipinski definition) is 4. The van der Waals surface area contributed by atoms with E-state index in [1.54, 1.807) is 0 Å². The van der Waals surface area contributed by atoms with Crippen LogP contribution in [0.15, 0.2) is 18.2 Å². The van der Waals surface area contributed by atoms with Gasteiger partial charge in [0.25, 0.3) is 5.91 Å². The Labute approximate surface area is 143 Å². The Morgan fingerprint density at radius 2 is 1.81 bits per heavy atom. The number of carbonyl (C=O) groups is 2. The van der Waals surface area contributed by atoms with E-state index in [0.29, 0.717) is 10.7 Å². The Bertz CT molecular complexity index is 719. The molecule has 0 aliphatic carbocycles. The number of halogens is 4. The van der Waals surface area contributed by atoms with Crippen molar-refractivity contribution in [2.24, 2.45) is 0 Å². The van der Waals surface area contributed by atoms with E-state index in [0.717, 1.165) is 11.5 Å². The molecule has 0 saturated carbocycles. The van der Waals surface area contributed by atoms with Crippen LogP contribution in [0.25, 0.3) is 0 Å². The van der Waals surface area contributed by atoms with Crippen LogP contribution < -0.4 is 10.6 Å². The lowest BCUT2D eigenvalue weighted by Gasteiger charge is -2.06. The number of benzene rings is 1. The second-order valence-electron chi connectivity index (χ2n) is 3.65. The summed E-state index contributed by atoms with van der Waals surface area (Å²) < 4.78 is 3.70. The lowest BCUT2D eigenvalue weighted by molar-refractivity contribution is 0.0971. The molecule has 0 fully saturated rings. The molecule has 2 aromatic rings. The van der Waals surface area contributed by atoms with E-state index in [1.165, 1.54) is 18.2 Å². The Balaban J connectivity index is 2.03. The first-order valence-electron chi connectivity index (χ1n) is 5.26. The van der Waals surface area contributed by atoms with Gasteiger partial charge in [-0.15, -0.1) is 0 Å². The zero-order chi connectivity index (χ0) is 15.6. The number of nitrogens with zero attached hydrogens (tertiary/aromatic N) is 1. The number of urea groups is 1. The van der Waals surface area contributed by atoms with Gasteiger partial charge in [-0.1, -0.05) is 46.4 Å². The summed E-state index contributed by atoms with van der Waals surface area (Å²) in [6.07, 6.45) is 0. The van der Waals surface area contributed by atoms with Crippen molar-refractivity contribution in [2.75, 3.05) is 5.32 Å². The Hall–Kier alpha value is -1.05. The average Bonchev–Trinajstić information content (AvgIpc) is 2.74. The summed E-state index contributed by atoms with van der Waals surface area (Å²) >= 11 is 23.8. The molecule has 1 heterocycles. The maximum absolute atomic E-state index is 11.8. The number of hydrogen-bond donors (Lipinski definition) is 2. The van der Waals surface area contributed by atoms with Crippen molar-refractivity contribution in [3.63, 3.8) is 0 Å². The van der Waals surface area contributed by atoms with Crippen molar-refractivity contribution < 1.29 is 9.59 Å². The number of nitrogens with one attached hydrogen (secondary N) is 2. The van der Waals surface area contributed by atoms with Crippen molar-refractivity contribution in [3.05, 3.63) is 43.3 Å². The zero-order valence-electron chi connectivity index (χ0n) is 9.92. The summed E-state index contributed by atoms with van der Waals surface area (Å²) in [7, 11) is 0. The molecule has 1 aromatic heterocycles. The number of carbonyl (C=O) groups excluding carboxylic acids is 2. The highest BCUT2D eigenvalue weighted by Gasteiger charge is 2.19. The van der Waals surface area contributed by atoms with Gasteiger partial charge in [-0.05, 0) is 29.7 Å². The fraction of sp³-hybridized carbons (Fsp3) is 0. The highest BCUT2D eigenvalue weighted by Crippen LogP contribution is 2.28. The van der Waals surface area contributed by atoms with Crippen molar-refractivity contribution in [1.29, 1.82) is 0 Å². The molecule has 21 heavy (non-hydrogen) atoms. The van der Waals surface area contributed by atoms with Crippen LogP contribution in [-0.4, -0.2) is 16.3 Å². The topological polar surface area (TPSA) is 71.1 Å². The zero-order valence-corrected chi connectivity index (χ0v) is 13.8. The smallest absolute Gasteiger partial charge is 0.308 e. The lowest BCUT2D eigenvalue weighted by atomic mass is 10.3. The van der Waals surface area contributed by atoms with E-state index in [4.69, 9.17) is 46.4 Å². The predicted molar refractivity (Wildman–Crippen MR) is 85.1 cm³/mol. The molecular formula is C11H5Cl4N3O2S. The molecule has 0 spiro atoms. The van der Waals surface area contributed by atoms with Gasteiger partial charge in [0.15, 0.2) is 5.15 Å². The molecule has 0 atom stereocenters. The van der Waals surface area contributed by atoms with Gasteiger partial charge in [-0.3, -0.25) is 10.1 Å². The quantitative estimate of drug-likeness (QED) is 0.786. The van der Waals surface area contributed by atoms with Gasteiger partial charge in [0.05, 0.1) is 10.0 Å². The molecular weight excluding hydrogens is 380 g/mol. The fourth-order valence-corrected chi connectivity index (χ4v) is 2.70. The summed E-state index contributed by atoms with van der Waals surface area (Å²) in [5, 5.41) is 5.17. The molecule has 3 amide bonds. The Morgan fingerprint density at radius 3 is 2.38 bits per heavy atom. The van der Waals surface area contributed by atoms with Crippen LogP contribution in [0.4, 0.5) is 10.5 Å². The Morgan fingerprint density at radius 1 is 1.10 bits per heavy atom. The molecule has 0 aliphatic heterocycles. The maximum Gasteiger partial charge on any atom is 0.326 e. The minimum absolute atomic E-state index is 0.00139. The minimum Gasteiger partial charge on any atom is -0.308 e. The molecule has 10 heteroatoms. The first-order valence-corrected chi connectivity index (χ1v) is 7.55. The van der Waals surface area contributed by atoms with Crippen molar-refractivity contribution in [3.8, 4) is 0 Å². The number of rotatable bonds is 2. The van der Waals surface area contributed by atoms with Crippen LogP contribution in [-0.2, 0) is 0 Å². The third-order valence-corrected chi connectivity index (χ3v) is 4.74. The summed E-state index contributed by atoms with van der Waals surface area (Å²) in [5.41, 5.74) is 0.378. The fourth-order valence-electron chi connectivity index (χ4n) is 1.30. The number of imide groups is 1. The highest BCUT2D eigenvalue weighted by atomic mass is 35.5. The van der Waals surface area contributed by atoms with Gasteiger partial charge in [-0.2, -0.15) is 4.37 Å². The molecule has 0 unspecified atom stereocenters. The average molecular weight is 385 g/mol. The number of aromatic nitrogens is 1. The van der Waals surface area contributed by atoms with Gasteiger partial charge in [0.1, 0.15) is 9.90 Å². The third-order valence-electron chi connectivity index (χ3n) is 2.21. The largest absolute Gasteiger partial charge is 0.326 e. The van der Waals surface area contributed by atoms with Crippen molar-refractivity contribution in [2.45, 2.75) is 0 Å². The summed E-state index contributed by atoms with van der Waals surface area (Å²) in [6, 6.07) is 3.75. The van der Waals surface area contributed by atoms with Crippen LogP contribution in [0.5, 0.6) is 0 Å². The van der Waals surface area contributed by atoms with Crippen molar-refractivity contribution >= 4 is 75.6 Å². The second-order valence-corrected chi connectivity index (χ2v) is 5.98. The van der Waals surface area contributed by atoms with E-state index in [-0.39, 0.29) is 20.1 Å². The van der Waals surface area contributed by atoms with Crippen LogP contribution in [0.1, 0.15) is 9.67 Å². The van der Waals surface area contributed by atoms with E-state index < -0.39 is 11.9 Å². The van der Waals surface area contributed by atoms with E-state index in [2.05, 4.69) is 15.0 Å². The summed E-state index contributed by atoms with van der Waals surface area (Å²) in [5.74, 6) is -0.707. The van der Waals surface area contributed by atoms with Crippen LogP contribution >= 0.6 is 57.9 Å². The second kappa shape index (κ2) is 6.81. The summed E-state index contributed by atoms with van der Waals surface area (Å²) in [6.45, 7) is 0. The van der Waals surface area contributed by atoms with Crippen LogP contribution in [0.2, 0.25) is 20.2 Å². The van der Waals surface area contributed by atoms with E-state index in [9.17, 15) is 9.59 Å². The van der Waals surface area contributed by atoms with E-state index in [1.807, 2.05) is 0 Å². The SMILES string of the molecule is O=C(NC(=O)c1snc(Cl)c1Cl)Nc1ccc(Cl)c(Cl)c1. The molecule has 0 bridgehead atoms. The molecule has 2 N–H and O–H groups in total. The molecule has 110 valence electrons.